The number of nitrogens with zero attached hydrogens (tertiary/aromatic N) is 1. The van der Waals surface area contributed by atoms with Crippen molar-refractivity contribution >= 4 is 10.8 Å². The van der Waals surface area contributed by atoms with Crippen LogP contribution in [0.5, 0.6) is 28.7 Å². The van der Waals surface area contributed by atoms with E-state index in [2.05, 4.69) is 18.7 Å². The number of ether oxygens (including phenoxy) is 1. The number of aromatic hydroxyl groups is 4. The van der Waals surface area contributed by atoms with E-state index < -0.39 is 5.75 Å². The van der Waals surface area contributed by atoms with Crippen LogP contribution in [-0.4, -0.2) is 51.6 Å². The molecule has 5 rings (SSSR count). The standard InChI is InChI=1S/C31H33NO5/c1-31(2)13-14-32(19-31)15-16-37-23-7-3-20(4-8-23)17-27-24-10-6-22(33)18-21(24)5-9-25(27)26-11-12-28(34)30(36)29(26)35/h3-12,18,33-36H,13-17,19H2,1-2H3. The maximum atomic E-state index is 10.6. The average molecular weight is 500 g/mol. The largest absolute Gasteiger partial charge is 0.508 e. The summed E-state index contributed by atoms with van der Waals surface area (Å²) in [6, 6.07) is 19.9. The molecule has 0 amide bonds. The Kier molecular flexibility index (Phi) is 6.61. The fourth-order valence-electron chi connectivity index (χ4n) is 5.23. The minimum Gasteiger partial charge on any atom is -0.508 e. The fourth-order valence-corrected chi connectivity index (χ4v) is 5.23. The van der Waals surface area contributed by atoms with Gasteiger partial charge >= 0.3 is 0 Å². The van der Waals surface area contributed by atoms with Gasteiger partial charge in [-0.15, -0.1) is 0 Å². The molecule has 1 saturated heterocycles. The van der Waals surface area contributed by atoms with Crippen LogP contribution in [0.1, 0.15) is 31.4 Å². The van der Waals surface area contributed by atoms with Crippen LogP contribution in [0.2, 0.25) is 0 Å². The lowest BCUT2D eigenvalue weighted by Crippen LogP contribution is -2.27. The normalized spacial score (nSPS) is 15.3. The highest BCUT2D eigenvalue weighted by Crippen LogP contribution is 2.44. The van der Waals surface area contributed by atoms with E-state index in [4.69, 9.17) is 4.74 Å². The van der Waals surface area contributed by atoms with Gasteiger partial charge in [-0.3, -0.25) is 4.90 Å². The smallest absolute Gasteiger partial charge is 0.200 e. The van der Waals surface area contributed by atoms with Crippen LogP contribution in [0.25, 0.3) is 21.9 Å². The molecule has 0 saturated carbocycles. The highest BCUT2D eigenvalue weighted by molar-refractivity contribution is 5.94. The van der Waals surface area contributed by atoms with Crippen molar-refractivity contribution in [1.29, 1.82) is 0 Å². The Balaban J connectivity index is 1.39. The number of phenolic OH excluding ortho intramolecular Hbond substituents is 4. The van der Waals surface area contributed by atoms with E-state index in [9.17, 15) is 20.4 Å². The average Bonchev–Trinajstić information content (AvgIpc) is 3.22. The van der Waals surface area contributed by atoms with Gasteiger partial charge in [-0.05, 0) is 88.7 Å². The van der Waals surface area contributed by atoms with Crippen LogP contribution in [0.15, 0.2) is 66.7 Å². The zero-order valence-electron chi connectivity index (χ0n) is 21.2. The monoisotopic (exact) mass is 499 g/mol. The van der Waals surface area contributed by atoms with Crippen LogP contribution in [-0.2, 0) is 6.42 Å². The van der Waals surface area contributed by atoms with Crippen molar-refractivity contribution in [3.63, 3.8) is 0 Å². The van der Waals surface area contributed by atoms with E-state index in [0.29, 0.717) is 24.0 Å². The zero-order valence-corrected chi connectivity index (χ0v) is 21.2. The number of phenols is 4. The van der Waals surface area contributed by atoms with Gasteiger partial charge in [-0.25, -0.2) is 0 Å². The molecule has 6 heteroatoms. The molecule has 0 atom stereocenters. The lowest BCUT2D eigenvalue weighted by molar-refractivity contribution is 0.222. The van der Waals surface area contributed by atoms with E-state index in [-0.39, 0.29) is 17.2 Å². The van der Waals surface area contributed by atoms with Crippen molar-refractivity contribution < 1.29 is 25.2 Å². The number of fused-ring (bicyclic) bond motifs is 1. The molecule has 37 heavy (non-hydrogen) atoms. The summed E-state index contributed by atoms with van der Waals surface area (Å²) in [5.41, 5.74) is 3.53. The van der Waals surface area contributed by atoms with Crippen molar-refractivity contribution in [1.82, 2.24) is 4.90 Å². The topological polar surface area (TPSA) is 93.4 Å². The first kappa shape index (κ1) is 24.8. The van der Waals surface area contributed by atoms with E-state index >= 15 is 0 Å². The first-order valence-corrected chi connectivity index (χ1v) is 12.6. The Morgan fingerprint density at radius 1 is 0.838 bits per heavy atom. The first-order chi connectivity index (χ1) is 17.7. The number of rotatable bonds is 7. The summed E-state index contributed by atoms with van der Waals surface area (Å²) in [6.07, 6.45) is 1.78. The molecule has 1 heterocycles. The SMILES string of the molecule is CC1(C)CCN(CCOc2ccc(Cc3c(-c4ccc(O)c(O)c4O)ccc4cc(O)ccc34)cc2)C1. The van der Waals surface area contributed by atoms with Crippen molar-refractivity contribution in [3.05, 3.63) is 77.9 Å². The molecule has 0 bridgehead atoms. The highest BCUT2D eigenvalue weighted by Gasteiger charge is 2.28. The van der Waals surface area contributed by atoms with Gasteiger partial charge in [0.05, 0.1) is 0 Å². The van der Waals surface area contributed by atoms with Gasteiger partial charge in [-0.1, -0.05) is 44.2 Å². The molecule has 1 aliphatic rings. The molecule has 0 radical (unpaired) electrons. The van der Waals surface area contributed by atoms with Crippen LogP contribution in [0.3, 0.4) is 0 Å². The summed E-state index contributed by atoms with van der Waals surface area (Å²) < 4.78 is 6.00. The molecular weight excluding hydrogens is 466 g/mol. The van der Waals surface area contributed by atoms with Gasteiger partial charge in [0.2, 0.25) is 5.75 Å². The second kappa shape index (κ2) is 9.87. The molecule has 1 fully saturated rings. The van der Waals surface area contributed by atoms with Crippen molar-refractivity contribution in [2.45, 2.75) is 26.7 Å². The number of hydrogen-bond donors (Lipinski definition) is 4. The predicted molar refractivity (Wildman–Crippen MR) is 146 cm³/mol. The Hall–Kier alpha value is -3.90. The van der Waals surface area contributed by atoms with Crippen LogP contribution >= 0.6 is 0 Å². The summed E-state index contributed by atoms with van der Waals surface area (Å²) in [6.45, 7) is 8.41. The summed E-state index contributed by atoms with van der Waals surface area (Å²) in [5, 5.41) is 42.3. The van der Waals surface area contributed by atoms with Gasteiger partial charge < -0.3 is 25.2 Å². The minimum atomic E-state index is -0.548. The molecule has 6 nitrogen and oxygen atoms in total. The Bertz CT molecular complexity index is 1430. The summed E-state index contributed by atoms with van der Waals surface area (Å²) in [4.78, 5) is 2.45. The fraction of sp³-hybridized carbons (Fsp3) is 0.290. The summed E-state index contributed by atoms with van der Waals surface area (Å²) >= 11 is 0. The highest BCUT2D eigenvalue weighted by atomic mass is 16.5. The zero-order chi connectivity index (χ0) is 26.2. The summed E-state index contributed by atoms with van der Waals surface area (Å²) in [5.74, 6) is -0.294. The first-order valence-electron chi connectivity index (χ1n) is 12.6. The maximum absolute atomic E-state index is 10.6. The molecule has 0 aromatic heterocycles. The molecule has 4 N–H and O–H groups in total. The Morgan fingerprint density at radius 2 is 1.59 bits per heavy atom. The third-order valence-electron chi connectivity index (χ3n) is 7.27. The molecule has 0 aliphatic carbocycles. The van der Waals surface area contributed by atoms with Crippen LogP contribution in [0, 0.1) is 5.41 Å². The second-order valence-electron chi connectivity index (χ2n) is 10.7. The predicted octanol–water partition coefficient (Wildman–Crippen LogP) is 6.03. The molecular formula is C31H33NO5. The van der Waals surface area contributed by atoms with Crippen molar-refractivity contribution in [2.24, 2.45) is 5.41 Å². The Labute approximate surface area is 217 Å². The van der Waals surface area contributed by atoms with Gasteiger partial charge in [0, 0.05) is 18.7 Å². The van der Waals surface area contributed by atoms with E-state index in [1.165, 1.54) is 12.5 Å². The lowest BCUT2D eigenvalue weighted by atomic mass is 9.89. The van der Waals surface area contributed by atoms with Gasteiger partial charge in [0.1, 0.15) is 18.1 Å². The van der Waals surface area contributed by atoms with E-state index in [1.54, 1.807) is 18.2 Å². The molecule has 4 aromatic carbocycles. The van der Waals surface area contributed by atoms with Gasteiger partial charge in [0.15, 0.2) is 11.5 Å². The number of likely N-dealkylation sites (tertiary alicyclic amines) is 1. The van der Waals surface area contributed by atoms with Gasteiger partial charge in [-0.2, -0.15) is 0 Å². The van der Waals surface area contributed by atoms with Crippen LogP contribution in [0.4, 0.5) is 0 Å². The Morgan fingerprint density at radius 3 is 2.32 bits per heavy atom. The second-order valence-corrected chi connectivity index (χ2v) is 10.7. The van der Waals surface area contributed by atoms with E-state index in [1.807, 2.05) is 42.5 Å². The maximum Gasteiger partial charge on any atom is 0.200 e. The molecule has 4 aromatic rings. The molecule has 0 spiro atoms. The third kappa shape index (κ3) is 5.30. The third-order valence-corrected chi connectivity index (χ3v) is 7.27. The van der Waals surface area contributed by atoms with E-state index in [0.717, 1.165) is 52.8 Å². The number of hydrogen-bond acceptors (Lipinski definition) is 6. The van der Waals surface area contributed by atoms with Gasteiger partial charge in [0.25, 0.3) is 0 Å². The number of benzene rings is 4. The van der Waals surface area contributed by atoms with Crippen molar-refractivity contribution in [3.8, 4) is 39.9 Å². The van der Waals surface area contributed by atoms with Crippen LogP contribution < -0.4 is 4.74 Å². The molecule has 192 valence electrons. The molecule has 0 unspecified atom stereocenters. The minimum absolute atomic E-state index is 0.176. The summed E-state index contributed by atoms with van der Waals surface area (Å²) in [7, 11) is 0. The molecule has 1 aliphatic heterocycles. The lowest BCUT2D eigenvalue weighted by Gasteiger charge is -2.19. The quantitative estimate of drug-likeness (QED) is 0.232. The van der Waals surface area contributed by atoms with Crippen molar-refractivity contribution in [2.75, 3.05) is 26.2 Å².